The summed E-state index contributed by atoms with van der Waals surface area (Å²) in [5.74, 6) is 0.322. The molecule has 1 rings (SSSR count). The summed E-state index contributed by atoms with van der Waals surface area (Å²) < 4.78 is 0. The van der Waals surface area contributed by atoms with Gasteiger partial charge in [0.05, 0.1) is 0 Å². The molecule has 0 aromatic heterocycles. The van der Waals surface area contributed by atoms with E-state index in [4.69, 9.17) is 5.11 Å². The number of benzene rings is 1. The number of phenols is 1. The molecule has 0 radical (unpaired) electrons. The number of allylic oxidation sites excluding steroid dienone is 2. The van der Waals surface area contributed by atoms with E-state index in [0.717, 1.165) is 0 Å². The molecule has 1 N–H and O–H groups in total. The average molecular weight is 206 g/mol. The molecule has 0 saturated heterocycles. The summed E-state index contributed by atoms with van der Waals surface area (Å²) in [6.45, 7) is 15.0. The first-order chi connectivity index (χ1) is 6.86. The Labute approximate surface area is 93.8 Å². The molecular weight excluding hydrogens is 184 g/mol. The highest BCUT2D eigenvalue weighted by Crippen LogP contribution is 2.02. The number of rotatable bonds is 0. The van der Waals surface area contributed by atoms with Crippen LogP contribution in [0.15, 0.2) is 54.6 Å². The quantitative estimate of drug-likeness (QED) is 0.617. The molecule has 0 saturated carbocycles. The maximum atomic E-state index is 8.63. The third-order valence-electron chi connectivity index (χ3n) is 0.756. The summed E-state index contributed by atoms with van der Waals surface area (Å²) in [6, 6.07) is 8.71. The van der Waals surface area contributed by atoms with Crippen molar-refractivity contribution >= 4 is 0 Å². The van der Waals surface area contributed by atoms with Gasteiger partial charge in [-0.15, -0.1) is 13.2 Å². The summed E-state index contributed by atoms with van der Waals surface area (Å²) in [7, 11) is 0. The van der Waals surface area contributed by atoms with Crippen molar-refractivity contribution in [3.8, 4) is 5.75 Å². The second-order valence-corrected chi connectivity index (χ2v) is 3.75. The minimum atomic E-state index is 0.322. The number of hydrogen-bond donors (Lipinski definition) is 1. The molecule has 0 fully saturated rings. The summed E-state index contributed by atoms with van der Waals surface area (Å²) in [5, 5.41) is 8.63. The molecule has 0 aliphatic heterocycles. The highest BCUT2D eigenvalue weighted by Gasteiger charge is 1.74. The van der Waals surface area contributed by atoms with Gasteiger partial charge in [0.2, 0.25) is 0 Å². The van der Waals surface area contributed by atoms with Gasteiger partial charge in [-0.05, 0) is 39.8 Å². The lowest BCUT2D eigenvalue weighted by atomic mass is 10.3. The van der Waals surface area contributed by atoms with Crippen LogP contribution in [0.25, 0.3) is 0 Å². The van der Waals surface area contributed by atoms with Gasteiger partial charge >= 0.3 is 0 Å². The number of phenolic OH excluding ortho intramolecular Hbond substituents is 1. The normalized spacial score (nSPS) is 7.47. The molecule has 84 valence electrons. The number of hydrogen-bond acceptors (Lipinski definition) is 1. The zero-order chi connectivity index (χ0) is 12.3. The summed E-state index contributed by atoms with van der Waals surface area (Å²) in [4.78, 5) is 0. The highest BCUT2D eigenvalue weighted by molar-refractivity contribution is 5.18. The Kier molecular flexibility index (Phi) is 11.2. The minimum absolute atomic E-state index is 0.322. The van der Waals surface area contributed by atoms with E-state index in [-0.39, 0.29) is 0 Å². The zero-order valence-electron chi connectivity index (χ0n) is 10.2. The Morgan fingerprint density at radius 3 is 1.27 bits per heavy atom. The van der Waals surface area contributed by atoms with Gasteiger partial charge in [0.15, 0.2) is 0 Å². The molecule has 1 aromatic carbocycles. The van der Waals surface area contributed by atoms with Crippen molar-refractivity contribution in [3.05, 3.63) is 54.6 Å². The maximum Gasteiger partial charge on any atom is 0.115 e. The van der Waals surface area contributed by atoms with E-state index in [1.807, 2.05) is 33.8 Å². The van der Waals surface area contributed by atoms with Crippen LogP contribution in [0.4, 0.5) is 0 Å². The van der Waals surface area contributed by atoms with Gasteiger partial charge in [-0.1, -0.05) is 29.3 Å². The van der Waals surface area contributed by atoms with E-state index in [2.05, 4.69) is 13.2 Å². The second kappa shape index (κ2) is 10.6. The average Bonchev–Trinajstić information content (AvgIpc) is 2.03. The van der Waals surface area contributed by atoms with Gasteiger partial charge < -0.3 is 5.11 Å². The van der Waals surface area contributed by atoms with E-state index in [9.17, 15) is 0 Å². The van der Waals surface area contributed by atoms with Crippen molar-refractivity contribution in [2.45, 2.75) is 27.7 Å². The number of aromatic hydroxyl groups is 1. The minimum Gasteiger partial charge on any atom is -0.508 e. The van der Waals surface area contributed by atoms with Gasteiger partial charge in [0.1, 0.15) is 5.75 Å². The van der Waals surface area contributed by atoms with Crippen molar-refractivity contribution in [2.24, 2.45) is 0 Å². The summed E-state index contributed by atoms with van der Waals surface area (Å²) >= 11 is 0. The third-order valence-corrected chi connectivity index (χ3v) is 0.756. The molecule has 1 aromatic rings. The lowest BCUT2D eigenvalue weighted by molar-refractivity contribution is 0.475. The molecule has 0 amide bonds. The van der Waals surface area contributed by atoms with E-state index in [1.165, 1.54) is 11.1 Å². The summed E-state index contributed by atoms with van der Waals surface area (Å²) in [6.07, 6.45) is 0. The van der Waals surface area contributed by atoms with Crippen LogP contribution >= 0.6 is 0 Å². The Hall–Kier alpha value is -1.50. The topological polar surface area (TPSA) is 20.2 Å². The van der Waals surface area contributed by atoms with Crippen molar-refractivity contribution in [1.29, 1.82) is 0 Å². The molecule has 15 heavy (non-hydrogen) atoms. The fraction of sp³-hybridized carbons (Fsp3) is 0.286. The van der Waals surface area contributed by atoms with Crippen LogP contribution in [0.2, 0.25) is 0 Å². The van der Waals surface area contributed by atoms with Gasteiger partial charge in [-0.25, -0.2) is 0 Å². The van der Waals surface area contributed by atoms with Crippen molar-refractivity contribution in [2.75, 3.05) is 0 Å². The SMILES string of the molecule is C=C(C)C.C=C(C)C.Oc1ccccc1. The first kappa shape index (κ1) is 15.9. The molecule has 0 aliphatic rings. The monoisotopic (exact) mass is 206 g/mol. The van der Waals surface area contributed by atoms with Gasteiger partial charge in [-0.2, -0.15) is 0 Å². The van der Waals surface area contributed by atoms with Crippen LogP contribution < -0.4 is 0 Å². The first-order valence-electron chi connectivity index (χ1n) is 4.84. The van der Waals surface area contributed by atoms with Gasteiger partial charge in [-0.3, -0.25) is 0 Å². The van der Waals surface area contributed by atoms with Crippen LogP contribution in [0.5, 0.6) is 5.75 Å². The van der Waals surface area contributed by atoms with Gasteiger partial charge in [0, 0.05) is 0 Å². The molecule has 0 unspecified atom stereocenters. The molecule has 0 heterocycles. The van der Waals surface area contributed by atoms with E-state index < -0.39 is 0 Å². The smallest absolute Gasteiger partial charge is 0.115 e. The molecule has 0 spiro atoms. The molecule has 0 bridgehead atoms. The maximum absolute atomic E-state index is 8.63. The summed E-state index contributed by atoms with van der Waals surface area (Å²) in [5.41, 5.74) is 2.33. The van der Waals surface area contributed by atoms with E-state index in [1.54, 1.807) is 24.3 Å². The molecule has 0 aliphatic carbocycles. The van der Waals surface area contributed by atoms with Crippen LogP contribution in [0.1, 0.15) is 27.7 Å². The van der Waals surface area contributed by atoms with Crippen molar-refractivity contribution < 1.29 is 5.11 Å². The number of para-hydroxylation sites is 1. The van der Waals surface area contributed by atoms with Crippen LogP contribution in [-0.2, 0) is 0 Å². The van der Waals surface area contributed by atoms with Crippen LogP contribution in [-0.4, -0.2) is 5.11 Å². The molecule has 1 nitrogen and oxygen atoms in total. The van der Waals surface area contributed by atoms with E-state index in [0.29, 0.717) is 5.75 Å². The highest BCUT2D eigenvalue weighted by atomic mass is 16.3. The largest absolute Gasteiger partial charge is 0.508 e. The Bertz CT molecular complexity index is 253. The van der Waals surface area contributed by atoms with E-state index >= 15 is 0 Å². The predicted octanol–water partition coefficient (Wildman–Crippen LogP) is 4.56. The Balaban J connectivity index is 0. The zero-order valence-corrected chi connectivity index (χ0v) is 10.2. The Morgan fingerprint density at radius 1 is 0.867 bits per heavy atom. The second-order valence-electron chi connectivity index (χ2n) is 3.75. The van der Waals surface area contributed by atoms with Crippen molar-refractivity contribution in [3.63, 3.8) is 0 Å². The van der Waals surface area contributed by atoms with Crippen LogP contribution in [0.3, 0.4) is 0 Å². The molecule has 0 atom stereocenters. The molecular formula is C14H22O. The lowest BCUT2D eigenvalue weighted by Crippen LogP contribution is -1.56. The van der Waals surface area contributed by atoms with Crippen LogP contribution in [0, 0.1) is 0 Å². The lowest BCUT2D eigenvalue weighted by Gasteiger charge is -1.82. The first-order valence-corrected chi connectivity index (χ1v) is 4.84. The third kappa shape index (κ3) is 32.6. The molecule has 1 heteroatoms. The standard InChI is InChI=1S/C6H6O.2C4H8/c7-6-4-2-1-3-5-6;2*1-4(2)3/h1-5,7H;2*1H2,2-3H3. The predicted molar refractivity (Wildman–Crippen MR) is 69.1 cm³/mol. The van der Waals surface area contributed by atoms with Gasteiger partial charge in [0.25, 0.3) is 0 Å². The fourth-order valence-electron chi connectivity index (χ4n) is 0.428. The Morgan fingerprint density at radius 2 is 1.13 bits per heavy atom. The van der Waals surface area contributed by atoms with Crippen molar-refractivity contribution in [1.82, 2.24) is 0 Å². The fourth-order valence-corrected chi connectivity index (χ4v) is 0.428.